The van der Waals surface area contributed by atoms with Crippen molar-refractivity contribution in [3.63, 3.8) is 0 Å². The molecule has 0 spiro atoms. The van der Waals surface area contributed by atoms with E-state index in [2.05, 4.69) is 0 Å². The third-order valence-electron chi connectivity index (χ3n) is 4.26. The van der Waals surface area contributed by atoms with E-state index >= 15 is 0 Å². The van der Waals surface area contributed by atoms with Gasteiger partial charge in [-0.2, -0.15) is 0 Å². The van der Waals surface area contributed by atoms with E-state index < -0.39 is 0 Å². The molecule has 202 valence electrons. The number of rotatable bonds is 25. The van der Waals surface area contributed by atoms with Gasteiger partial charge >= 0.3 is 11.9 Å². The van der Waals surface area contributed by atoms with Gasteiger partial charge in [-0.3, -0.25) is 9.59 Å². The summed E-state index contributed by atoms with van der Waals surface area (Å²) in [7, 11) is 1.62. The fraction of sp³-hybridized carbons (Fsp3) is 0.913. The summed E-state index contributed by atoms with van der Waals surface area (Å²) in [6, 6.07) is 0. The van der Waals surface area contributed by atoms with Crippen LogP contribution in [-0.2, 0) is 52.2 Å². The lowest BCUT2D eigenvalue weighted by atomic mass is 10.3. The molecule has 0 aliphatic heterocycles. The Morgan fingerprint density at radius 1 is 0.588 bits per heavy atom. The maximum atomic E-state index is 11.0. The van der Waals surface area contributed by atoms with E-state index in [9.17, 15) is 9.59 Å². The zero-order valence-corrected chi connectivity index (χ0v) is 21.3. The first-order valence-corrected chi connectivity index (χ1v) is 11.8. The fourth-order valence-corrected chi connectivity index (χ4v) is 2.62. The van der Waals surface area contributed by atoms with Crippen LogP contribution in [-0.4, -0.2) is 117 Å². The second-order valence-corrected chi connectivity index (χ2v) is 7.19. The predicted octanol–water partition coefficient (Wildman–Crippen LogP) is 1.40. The SMILES string of the molecule is CCOC(CCOC(C)=O)COCCOCCOCC(CCOC(C)=O)OCCOCCOC. The minimum atomic E-state index is -0.324. The van der Waals surface area contributed by atoms with Gasteiger partial charge in [0.15, 0.2) is 0 Å². The first kappa shape index (κ1) is 32.7. The zero-order valence-electron chi connectivity index (χ0n) is 21.3. The highest BCUT2D eigenvalue weighted by atomic mass is 16.6. The first-order chi connectivity index (χ1) is 16.5. The average Bonchev–Trinajstić information content (AvgIpc) is 2.79. The number of hydrogen-bond acceptors (Lipinski definition) is 11. The molecule has 11 nitrogen and oxygen atoms in total. The van der Waals surface area contributed by atoms with Crippen LogP contribution in [0.2, 0.25) is 0 Å². The van der Waals surface area contributed by atoms with Gasteiger partial charge in [0.2, 0.25) is 0 Å². The standard InChI is InChI=1S/C23H44O11/c1-5-31-22(6-8-32-20(2)24)18-29-14-12-28-13-15-30-19-23(7-9-33-21(3)25)34-17-16-27-11-10-26-4/h22-23H,5-19H2,1-4H3. The molecule has 11 heteroatoms. The van der Waals surface area contributed by atoms with E-state index in [4.69, 9.17) is 42.6 Å². The van der Waals surface area contributed by atoms with Crippen molar-refractivity contribution >= 4 is 11.9 Å². The van der Waals surface area contributed by atoms with Crippen LogP contribution in [0.15, 0.2) is 0 Å². The van der Waals surface area contributed by atoms with Crippen LogP contribution in [0.1, 0.15) is 33.6 Å². The van der Waals surface area contributed by atoms with Crippen LogP contribution in [0.25, 0.3) is 0 Å². The highest BCUT2D eigenvalue weighted by Crippen LogP contribution is 2.03. The molecule has 0 fully saturated rings. The van der Waals surface area contributed by atoms with Gasteiger partial charge in [-0.1, -0.05) is 0 Å². The number of ether oxygens (including phenoxy) is 9. The summed E-state index contributed by atoms with van der Waals surface area (Å²) in [5, 5.41) is 0. The number of carbonyl (C=O) groups excluding carboxylic acids is 2. The van der Waals surface area contributed by atoms with Gasteiger partial charge in [-0.15, -0.1) is 0 Å². The number of esters is 2. The van der Waals surface area contributed by atoms with Gasteiger partial charge in [0.25, 0.3) is 0 Å². The fourth-order valence-electron chi connectivity index (χ4n) is 2.62. The molecule has 0 aliphatic rings. The summed E-state index contributed by atoms with van der Waals surface area (Å²) in [6.45, 7) is 10.1. The Bertz CT molecular complexity index is 476. The summed E-state index contributed by atoms with van der Waals surface area (Å²) >= 11 is 0. The molecule has 2 atom stereocenters. The van der Waals surface area contributed by atoms with Crippen molar-refractivity contribution in [2.24, 2.45) is 0 Å². The highest BCUT2D eigenvalue weighted by Gasteiger charge is 2.11. The molecule has 0 bridgehead atoms. The molecule has 0 aromatic rings. The molecule has 2 unspecified atom stereocenters. The van der Waals surface area contributed by atoms with E-state index in [1.54, 1.807) is 7.11 Å². The summed E-state index contributed by atoms with van der Waals surface area (Å²) in [5.41, 5.74) is 0. The van der Waals surface area contributed by atoms with E-state index in [1.807, 2.05) is 6.92 Å². The molecule has 0 saturated heterocycles. The monoisotopic (exact) mass is 496 g/mol. The Morgan fingerprint density at radius 2 is 1.03 bits per heavy atom. The lowest BCUT2D eigenvalue weighted by Gasteiger charge is -2.18. The molecule has 0 aliphatic carbocycles. The number of methoxy groups -OCH3 is 1. The third kappa shape index (κ3) is 23.8. The van der Waals surface area contributed by atoms with E-state index in [0.29, 0.717) is 92.1 Å². The number of hydrogen-bond donors (Lipinski definition) is 0. The predicted molar refractivity (Wildman–Crippen MR) is 123 cm³/mol. The van der Waals surface area contributed by atoms with Gasteiger partial charge in [0.05, 0.1) is 91.5 Å². The van der Waals surface area contributed by atoms with Crippen LogP contribution >= 0.6 is 0 Å². The second kappa shape index (κ2) is 24.8. The molecule has 0 heterocycles. The Kier molecular flexibility index (Phi) is 23.8. The maximum absolute atomic E-state index is 11.0. The van der Waals surface area contributed by atoms with Crippen LogP contribution in [0, 0.1) is 0 Å². The molecule has 0 aromatic carbocycles. The normalized spacial score (nSPS) is 12.9. The Labute approximate surface area is 203 Å². The van der Waals surface area contributed by atoms with Crippen LogP contribution in [0.3, 0.4) is 0 Å². The van der Waals surface area contributed by atoms with E-state index in [0.717, 1.165) is 0 Å². The quantitative estimate of drug-likeness (QED) is 0.135. The van der Waals surface area contributed by atoms with Crippen LogP contribution in [0.4, 0.5) is 0 Å². The number of carbonyl (C=O) groups is 2. The smallest absolute Gasteiger partial charge is 0.302 e. The molecule has 0 amide bonds. The van der Waals surface area contributed by atoms with Crippen molar-refractivity contribution in [1.82, 2.24) is 0 Å². The topological polar surface area (TPSA) is 117 Å². The molecular weight excluding hydrogens is 452 g/mol. The summed E-state index contributed by atoms with van der Waals surface area (Å²) < 4.78 is 48.3. The van der Waals surface area contributed by atoms with Gasteiger partial charge in [0.1, 0.15) is 0 Å². The lowest BCUT2D eigenvalue weighted by Crippen LogP contribution is -2.25. The van der Waals surface area contributed by atoms with Crippen molar-refractivity contribution in [2.45, 2.75) is 45.8 Å². The van der Waals surface area contributed by atoms with Crippen molar-refractivity contribution in [3.8, 4) is 0 Å². The van der Waals surface area contributed by atoms with Crippen molar-refractivity contribution in [3.05, 3.63) is 0 Å². The largest absolute Gasteiger partial charge is 0.466 e. The van der Waals surface area contributed by atoms with Gasteiger partial charge in [0, 0.05) is 40.4 Å². The first-order valence-electron chi connectivity index (χ1n) is 11.8. The molecule has 0 saturated carbocycles. The Hall–Kier alpha value is -1.34. The van der Waals surface area contributed by atoms with Crippen molar-refractivity contribution < 1.29 is 52.2 Å². The second-order valence-electron chi connectivity index (χ2n) is 7.19. The molecule has 0 radical (unpaired) electrons. The zero-order chi connectivity index (χ0) is 25.3. The summed E-state index contributed by atoms with van der Waals surface area (Å²) in [6.07, 6.45) is 0.783. The molecule has 0 N–H and O–H groups in total. The average molecular weight is 497 g/mol. The van der Waals surface area contributed by atoms with Gasteiger partial charge < -0.3 is 42.6 Å². The Balaban J connectivity index is 3.86. The minimum Gasteiger partial charge on any atom is -0.466 e. The van der Waals surface area contributed by atoms with E-state index in [1.165, 1.54) is 13.8 Å². The van der Waals surface area contributed by atoms with Gasteiger partial charge in [-0.05, 0) is 6.92 Å². The molecule has 0 aromatic heterocycles. The molecule has 34 heavy (non-hydrogen) atoms. The van der Waals surface area contributed by atoms with Crippen molar-refractivity contribution in [2.75, 3.05) is 93.0 Å². The summed E-state index contributed by atoms with van der Waals surface area (Å²) in [4.78, 5) is 21.8. The van der Waals surface area contributed by atoms with Gasteiger partial charge in [-0.25, -0.2) is 0 Å². The third-order valence-corrected chi connectivity index (χ3v) is 4.26. The maximum Gasteiger partial charge on any atom is 0.302 e. The van der Waals surface area contributed by atoms with Crippen LogP contribution < -0.4 is 0 Å². The summed E-state index contributed by atoms with van der Waals surface area (Å²) in [5.74, 6) is -0.629. The van der Waals surface area contributed by atoms with Crippen LogP contribution in [0.5, 0.6) is 0 Å². The molecule has 0 rings (SSSR count). The highest BCUT2D eigenvalue weighted by molar-refractivity contribution is 5.66. The van der Waals surface area contributed by atoms with Crippen molar-refractivity contribution in [1.29, 1.82) is 0 Å². The van der Waals surface area contributed by atoms with E-state index in [-0.39, 0.29) is 30.8 Å². The minimum absolute atomic E-state index is 0.123. The lowest BCUT2D eigenvalue weighted by molar-refractivity contribution is -0.143. The Morgan fingerprint density at radius 3 is 1.50 bits per heavy atom. The molecular formula is C23H44O11.